The van der Waals surface area contributed by atoms with E-state index >= 15 is 4.39 Å². The zero-order valence-electron chi connectivity index (χ0n) is 18.6. The van der Waals surface area contributed by atoms with Crippen LogP contribution in [0.15, 0.2) is 63.3 Å². The maximum atomic E-state index is 15.4. The van der Waals surface area contributed by atoms with Crippen molar-refractivity contribution >= 4 is 54.3 Å². The van der Waals surface area contributed by atoms with Gasteiger partial charge in [0.25, 0.3) is 5.91 Å². The number of amides is 1. The minimum Gasteiger partial charge on any atom is -0.347 e. The molecule has 0 aromatic heterocycles. The number of carbonyl (C=O) groups excluding carboxylic acids is 1. The Morgan fingerprint density at radius 3 is 2.50 bits per heavy atom. The average molecular weight is 592 g/mol. The van der Waals surface area contributed by atoms with Gasteiger partial charge in [-0.3, -0.25) is 9.00 Å². The number of nitrogens with one attached hydrogen (secondary N) is 1. The summed E-state index contributed by atoms with van der Waals surface area (Å²) in [4.78, 5) is 12.6. The molecule has 0 bridgehead atoms. The van der Waals surface area contributed by atoms with Crippen LogP contribution in [0.2, 0.25) is 5.02 Å². The molecule has 6 nitrogen and oxygen atoms in total. The Bertz CT molecular complexity index is 1230. The minimum absolute atomic E-state index is 0.0611. The summed E-state index contributed by atoms with van der Waals surface area (Å²) in [5.41, 5.74) is -1.19. The Morgan fingerprint density at radius 1 is 1.24 bits per heavy atom. The zero-order chi connectivity index (χ0) is 25.1. The lowest BCUT2D eigenvalue weighted by Crippen LogP contribution is -2.53. The summed E-state index contributed by atoms with van der Waals surface area (Å²) in [6.07, 6.45) is 2.47. The fourth-order valence-corrected chi connectivity index (χ4v) is 6.36. The second kappa shape index (κ2) is 11.0. The van der Waals surface area contributed by atoms with Gasteiger partial charge < -0.3 is 5.32 Å². The number of hydrogen-bond donors (Lipinski definition) is 1. The summed E-state index contributed by atoms with van der Waals surface area (Å²) in [5.74, 6) is -0.802. The van der Waals surface area contributed by atoms with E-state index in [0.717, 1.165) is 0 Å². The Morgan fingerprint density at radius 2 is 1.88 bits per heavy atom. The van der Waals surface area contributed by atoms with Gasteiger partial charge in [0.2, 0.25) is 10.0 Å². The first-order valence-electron chi connectivity index (χ1n) is 10.5. The fraction of sp³-hybridized carbons (Fsp3) is 0.348. The van der Waals surface area contributed by atoms with Crippen molar-refractivity contribution in [2.45, 2.75) is 36.4 Å². The smallest absolute Gasteiger partial charge is 0.258 e. The second-order valence-electron chi connectivity index (χ2n) is 8.08. The normalized spacial score (nSPS) is 18.5. The van der Waals surface area contributed by atoms with Gasteiger partial charge in [-0.15, -0.1) is 0 Å². The monoisotopic (exact) mass is 590 g/mol. The highest BCUT2D eigenvalue weighted by atomic mass is 79.9. The Hall–Kier alpha value is -1.59. The highest BCUT2D eigenvalue weighted by Gasteiger charge is 2.44. The van der Waals surface area contributed by atoms with Crippen LogP contribution >= 0.6 is 27.5 Å². The maximum Gasteiger partial charge on any atom is 0.258 e. The van der Waals surface area contributed by atoms with E-state index in [1.54, 1.807) is 43.3 Å². The maximum absolute atomic E-state index is 15.4. The summed E-state index contributed by atoms with van der Waals surface area (Å²) in [7, 11) is -5.16. The molecule has 0 saturated carbocycles. The van der Waals surface area contributed by atoms with Crippen LogP contribution in [0.3, 0.4) is 0 Å². The molecule has 0 aliphatic carbocycles. The van der Waals surface area contributed by atoms with Crippen molar-refractivity contribution in [1.29, 1.82) is 0 Å². The average Bonchev–Trinajstić information content (AvgIpc) is 2.78. The standard InChI is InChI=1S/C23H25BrClFN2O4S2/c1-16(9-14-33(2)30)27-22(29)23(26)10-12-28(13-11-23)34(31,32)21-8-7-17(24)15-19(21)18-5-3-4-6-20(18)25/h3-9,14-16H,10-13H2,1-2H3,(H,27,29)/b14-9-/t16-,33?/m1/s1. The first-order chi connectivity index (χ1) is 15.9. The van der Waals surface area contributed by atoms with Crippen molar-refractivity contribution in [3.63, 3.8) is 0 Å². The number of rotatable bonds is 7. The number of benzene rings is 2. The highest BCUT2D eigenvalue weighted by Crippen LogP contribution is 2.37. The van der Waals surface area contributed by atoms with E-state index in [0.29, 0.717) is 20.6 Å². The Kier molecular flexibility index (Phi) is 8.73. The molecule has 1 aliphatic heterocycles. The topological polar surface area (TPSA) is 83.6 Å². The van der Waals surface area contributed by atoms with Crippen molar-refractivity contribution in [3.05, 3.63) is 63.4 Å². The van der Waals surface area contributed by atoms with Crippen LogP contribution < -0.4 is 5.32 Å². The van der Waals surface area contributed by atoms with E-state index < -0.39 is 38.4 Å². The van der Waals surface area contributed by atoms with Gasteiger partial charge in [0.15, 0.2) is 5.67 Å². The zero-order valence-corrected chi connectivity index (χ0v) is 22.6. The third-order valence-electron chi connectivity index (χ3n) is 5.56. The van der Waals surface area contributed by atoms with Crippen LogP contribution in [0.5, 0.6) is 0 Å². The van der Waals surface area contributed by atoms with E-state index in [2.05, 4.69) is 21.2 Å². The van der Waals surface area contributed by atoms with Gasteiger partial charge in [0.1, 0.15) is 0 Å². The van der Waals surface area contributed by atoms with Crippen molar-refractivity contribution in [2.75, 3.05) is 19.3 Å². The molecular formula is C23H25BrClFN2O4S2. The quantitative estimate of drug-likeness (QED) is 0.508. The summed E-state index contributed by atoms with van der Waals surface area (Å²) in [6.45, 7) is 1.36. The van der Waals surface area contributed by atoms with E-state index in [1.807, 2.05) is 0 Å². The lowest BCUT2D eigenvalue weighted by atomic mass is 9.93. The lowest BCUT2D eigenvalue weighted by Gasteiger charge is -2.35. The molecule has 1 heterocycles. The Balaban J connectivity index is 1.80. The molecule has 184 valence electrons. The van der Waals surface area contributed by atoms with Crippen molar-refractivity contribution in [1.82, 2.24) is 9.62 Å². The van der Waals surface area contributed by atoms with Crippen molar-refractivity contribution in [3.8, 4) is 11.1 Å². The lowest BCUT2D eigenvalue weighted by molar-refractivity contribution is -0.135. The molecule has 0 radical (unpaired) electrons. The van der Waals surface area contributed by atoms with Crippen LogP contribution in [0.4, 0.5) is 4.39 Å². The van der Waals surface area contributed by atoms with Crippen LogP contribution in [-0.2, 0) is 25.6 Å². The number of hydrogen-bond acceptors (Lipinski definition) is 4. The molecule has 11 heteroatoms. The summed E-state index contributed by atoms with van der Waals surface area (Å²) < 4.78 is 55.5. The number of carbonyl (C=O) groups is 1. The number of nitrogens with zero attached hydrogens (tertiary/aromatic N) is 1. The molecule has 1 amide bonds. The van der Waals surface area contributed by atoms with E-state index in [1.165, 1.54) is 28.1 Å². The molecule has 1 fully saturated rings. The van der Waals surface area contributed by atoms with Crippen LogP contribution in [0, 0.1) is 0 Å². The van der Waals surface area contributed by atoms with E-state index in [-0.39, 0.29) is 30.8 Å². The molecule has 1 N–H and O–H groups in total. The molecule has 2 aromatic rings. The Labute approximate surface area is 215 Å². The van der Waals surface area contributed by atoms with Crippen LogP contribution in [0.25, 0.3) is 11.1 Å². The molecular weight excluding hydrogens is 567 g/mol. The molecule has 2 atom stereocenters. The van der Waals surface area contributed by atoms with Crippen LogP contribution in [0.1, 0.15) is 19.8 Å². The fourth-order valence-electron chi connectivity index (χ4n) is 3.68. The van der Waals surface area contributed by atoms with Gasteiger partial charge in [-0.25, -0.2) is 12.8 Å². The van der Waals surface area contributed by atoms with Gasteiger partial charge in [0, 0.05) is 75.1 Å². The van der Waals surface area contributed by atoms with E-state index in [9.17, 15) is 17.4 Å². The summed E-state index contributed by atoms with van der Waals surface area (Å²) in [5, 5.41) is 4.37. The first-order valence-corrected chi connectivity index (χ1v) is 14.7. The largest absolute Gasteiger partial charge is 0.347 e. The van der Waals surface area contributed by atoms with Gasteiger partial charge in [-0.1, -0.05) is 51.8 Å². The molecule has 2 aromatic carbocycles. The minimum atomic E-state index is -3.98. The highest BCUT2D eigenvalue weighted by molar-refractivity contribution is 9.10. The SMILES string of the molecule is C[C@H](/C=C\S(C)=O)NC(=O)C1(F)CCN(S(=O)(=O)c2ccc(Br)cc2-c2ccccc2Cl)CC1. The summed E-state index contributed by atoms with van der Waals surface area (Å²) >= 11 is 9.72. The number of halogens is 3. The molecule has 1 saturated heterocycles. The number of piperidine rings is 1. The van der Waals surface area contributed by atoms with Crippen molar-refractivity contribution in [2.24, 2.45) is 0 Å². The summed E-state index contributed by atoms with van der Waals surface area (Å²) in [6, 6.07) is 11.2. The van der Waals surface area contributed by atoms with Gasteiger partial charge in [0.05, 0.1) is 4.90 Å². The van der Waals surface area contributed by atoms with Crippen LogP contribution in [-0.4, -0.2) is 53.9 Å². The van der Waals surface area contributed by atoms with Crippen molar-refractivity contribution < 1.29 is 21.8 Å². The number of alkyl halides is 1. The molecule has 3 rings (SSSR count). The molecule has 0 spiro atoms. The van der Waals surface area contributed by atoms with Gasteiger partial charge in [-0.05, 0) is 31.2 Å². The third-order valence-corrected chi connectivity index (χ3v) is 8.88. The molecule has 1 aliphatic rings. The van der Waals surface area contributed by atoms with E-state index in [4.69, 9.17) is 11.6 Å². The molecule has 1 unspecified atom stereocenters. The number of sulfonamides is 1. The predicted octanol–water partition coefficient (Wildman–Crippen LogP) is 4.66. The van der Waals surface area contributed by atoms with Gasteiger partial charge in [-0.2, -0.15) is 4.31 Å². The molecule has 34 heavy (non-hydrogen) atoms. The third kappa shape index (κ3) is 6.15. The first kappa shape index (κ1) is 27.0. The second-order valence-corrected chi connectivity index (χ2v) is 12.6. The van der Waals surface area contributed by atoms with Gasteiger partial charge >= 0.3 is 0 Å². The predicted molar refractivity (Wildman–Crippen MR) is 137 cm³/mol.